The fraction of sp³-hybridized carbons (Fsp3) is 0.280. The van der Waals surface area contributed by atoms with E-state index < -0.39 is 23.2 Å². The van der Waals surface area contributed by atoms with E-state index in [4.69, 9.17) is 0 Å². The van der Waals surface area contributed by atoms with Crippen LogP contribution >= 0.6 is 0 Å². The first-order chi connectivity index (χ1) is 12.4. The van der Waals surface area contributed by atoms with Crippen LogP contribution in [0.2, 0.25) is 0 Å². The Hall–Kier alpha value is 0.00312. The van der Waals surface area contributed by atoms with Gasteiger partial charge in [0.05, 0.1) is 0 Å². The first kappa shape index (κ1) is 24.3. The molecule has 0 saturated heterocycles. The Balaban J connectivity index is 0.00000140. The normalized spacial score (nSPS) is 19.5. The van der Waals surface area contributed by atoms with Gasteiger partial charge in [-0.1, -0.05) is 0 Å². The summed E-state index contributed by atoms with van der Waals surface area (Å²) in [5.74, 6) is 0. The number of hydrogen-bond acceptors (Lipinski definition) is 0. The van der Waals surface area contributed by atoms with Gasteiger partial charge in [-0.2, -0.15) is 0 Å². The summed E-state index contributed by atoms with van der Waals surface area (Å²) in [6.45, 7) is 11.9. The fourth-order valence-corrected chi connectivity index (χ4v) is 9.46. The van der Waals surface area contributed by atoms with E-state index in [9.17, 15) is 0 Å². The second kappa shape index (κ2) is 9.43. The predicted molar refractivity (Wildman–Crippen MR) is 108 cm³/mol. The zero-order valence-corrected chi connectivity index (χ0v) is 23.9. The molecule has 2 aromatic carbocycles. The van der Waals surface area contributed by atoms with Crippen molar-refractivity contribution in [3.8, 4) is 0 Å². The molecule has 0 saturated carbocycles. The Bertz CT molecular complexity index is 965. The Morgan fingerprint density at radius 3 is 2.00 bits per heavy atom. The zero-order valence-electron chi connectivity index (χ0n) is 17.1. The van der Waals surface area contributed by atoms with Crippen LogP contribution in [-0.2, 0) is 23.2 Å². The van der Waals surface area contributed by atoms with Crippen molar-refractivity contribution in [2.75, 3.05) is 0 Å². The maximum atomic E-state index is 2.45. The largest absolute Gasteiger partial charge is 1.00 e. The molecule has 0 fully saturated rings. The zero-order chi connectivity index (χ0) is 18.5. The van der Waals surface area contributed by atoms with E-state index in [2.05, 4.69) is 95.3 Å². The van der Waals surface area contributed by atoms with Crippen molar-refractivity contribution in [3.63, 3.8) is 0 Å². The van der Waals surface area contributed by atoms with E-state index in [0.29, 0.717) is 3.63 Å². The minimum Gasteiger partial charge on any atom is -1.00 e. The summed E-state index contributed by atoms with van der Waals surface area (Å²) in [5, 5.41) is 0. The van der Waals surface area contributed by atoms with Gasteiger partial charge in [-0.05, 0) is 0 Å². The summed E-state index contributed by atoms with van der Waals surface area (Å²) < 4.78 is 2.39. The van der Waals surface area contributed by atoms with E-state index >= 15 is 0 Å². The van der Waals surface area contributed by atoms with E-state index in [-0.39, 0.29) is 53.4 Å². The van der Waals surface area contributed by atoms with Crippen molar-refractivity contribution in [1.82, 2.24) is 0 Å². The molecule has 2 aliphatic carbocycles. The SMILES string of the molecule is CC1=C(C)C(C)(C)[C]([Zr+2][CH]2C(c3ccccc3)=Cc3ccccc32)=C1C.[I-].[I-]. The Morgan fingerprint density at radius 2 is 1.39 bits per heavy atom. The van der Waals surface area contributed by atoms with Crippen LogP contribution in [0.5, 0.6) is 0 Å². The molecule has 28 heavy (non-hydrogen) atoms. The topological polar surface area (TPSA) is 0 Å². The van der Waals surface area contributed by atoms with Crippen LogP contribution in [0, 0.1) is 5.41 Å². The van der Waals surface area contributed by atoms with Gasteiger partial charge in [0, 0.05) is 0 Å². The third-order valence-corrected chi connectivity index (χ3v) is 11.8. The van der Waals surface area contributed by atoms with Crippen LogP contribution in [0.1, 0.15) is 54.9 Å². The predicted octanol–water partition coefficient (Wildman–Crippen LogP) is 1.02. The average molecular weight is 672 g/mol. The van der Waals surface area contributed by atoms with Gasteiger partial charge in [-0.25, -0.2) is 0 Å². The Labute approximate surface area is 215 Å². The molecule has 2 aliphatic rings. The molecule has 0 bridgehead atoms. The van der Waals surface area contributed by atoms with Gasteiger partial charge in [-0.15, -0.1) is 0 Å². The number of rotatable bonds is 3. The molecule has 0 spiro atoms. The third kappa shape index (κ3) is 4.10. The molecule has 0 nitrogen and oxygen atoms in total. The molecule has 0 radical (unpaired) electrons. The van der Waals surface area contributed by atoms with E-state index in [1.807, 2.05) is 0 Å². The molecule has 2 aromatic rings. The second-order valence-electron chi connectivity index (χ2n) is 8.05. The maximum absolute atomic E-state index is 2.45. The van der Waals surface area contributed by atoms with Crippen molar-refractivity contribution in [3.05, 3.63) is 91.3 Å². The van der Waals surface area contributed by atoms with Crippen LogP contribution in [-0.4, -0.2) is 0 Å². The minimum absolute atomic E-state index is 0. The summed E-state index contributed by atoms with van der Waals surface area (Å²) in [5.41, 5.74) is 10.8. The summed E-state index contributed by atoms with van der Waals surface area (Å²) >= 11 is -0.836. The van der Waals surface area contributed by atoms with Gasteiger partial charge in [0.15, 0.2) is 0 Å². The Kier molecular flexibility index (Phi) is 8.17. The van der Waals surface area contributed by atoms with Crippen molar-refractivity contribution < 1.29 is 71.2 Å². The second-order valence-corrected chi connectivity index (χ2v) is 11.4. The fourth-order valence-electron chi connectivity index (χ4n) is 4.39. The van der Waals surface area contributed by atoms with Crippen molar-refractivity contribution >= 4 is 11.6 Å². The summed E-state index contributed by atoms with van der Waals surface area (Å²) in [6, 6.07) is 20.0. The van der Waals surface area contributed by atoms with Gasteiger partial charge < -0.3 is 48.0 Å². The molecule has 0 heterocycles. The molecule has 0 aromatic heterocycles. The first-order valence-electron chi connectivity index (χ1n) is 9.43. The van der Waals surface area contributed by atoms with E-state index in [1.54, 1.807) is 20.0 Å². The molecule has 4 rings (SSSR count). The van der Waals surface area contributed by atoms with Crippen LogP contribution in [0.25, 0.3) is 11.6 Å². The molecule has 1 unspecified atom stereocenters. The number of hydrogen-bond donors (Lipinski definition) is 0. The van der Waals surface area contributed by atoms with E-state index in [1.165, 1.54) is 22.3 Å². The average Bonchev–Trinajstić information content (AvgIpc) is 3.09. The number of halogens is 2. The summed E-state index contributed by atoms with van der Waals surface area (Å²) in [7, 11) is 0. The monoisotopic (exact) mass is 670 g/mol. The van der Waals surface area contributed by atoms with Crippen LogP contribution in [0.3, 0.4) is 0 Å². The van der Waals surface area contributed by atoms with Crippen LogP contribution in [0.15, 0.2) is 74.6 Å². The smallest absolute Gasteiger partial charge is 1.00 e. The van der Waals surface area contributed by atoms with Gasteiger partial charge in [0.1, 0.15) is 0 Å². The van der Waals surface area contributed by atoms with Crippen molar-refractivity contribution in [2.24, 2.45) is 5.41 Å². The molecule has 144 valence electrons. The molecular formula is C25H26I2Zr. The molecule has 0 amide bonds. The number of fused-ring (bicyclic) bond motifs is 1. The van der Waals surface area contributed by atoms with Crippen LogP contribution in [0.4, 0.5) is 0 Å². The maximum Gasteiger partial charge on any atom is -1.00 e. The molecule has 0 N–H and O–H groups in total. The third-order valence-electron chi connectivity index (χ3n) is 6.39. The Morgan fingerprint density at radius 1 is 0.786 bits per heavy atom. The first-order valence-corrected chi connectivity index (χ1v) is 12.1. The van der Waals surface area contributed by atoms with Gasteiger partial charge in [-0.3, -0.25) is 0 Å². The quantitative estimate of drug-likeness (QED) is 0.429. The standard InChI is InChI=1S/C15H11.C10H15.2HI.Zr/c1-2-6-12(7-3-1)15-10-13-8-4-5-9-14(13)11-15;1-7-6-10(4,5)9(3)8(7)2;;;/h1-11H;1-5H3;2*1H;/q;;;;+2/p-2. The molecule has 3 heteroatoms. The minimum atomic E-state index is -0.836. The molecular weight excluding hydrogens is 645 g/mol. The summed E-state index contributed by atoms with van der Waals surface area (Å²) in [4.78, 5) is 0. The molecule has 0 aliphatic heterocycles. The van der Waals surface area contributed by atoms with Gasteiger partial charge in [0.25, 0.3) is 0 Å². The number of benzene rings is 2. The van der Waals surface area contributed by atoms with Gasteiger partial charge in [0.2, 0.25) is 0 Å². The van der Waals surface area contributed by atoms with Gasteiger partial charge >= 0.3 is 170 Å². The van der Waals surface area contributed by atoms with Crippen LogP contribution < -0.4 is 48.0 Å². The van der Waals surface area contributed by atoms with E-state index in [0.717, 1.165) is 0 Å². The van der Waals surface area contributed by atoms with Crippen molar-refractivity contribution in [2.45, 2.75) is 38.2 Å². The number of allylic oxidation sites excluding steroid dienone is 5. The summed E-state index contributed by atoms with van der Waals surface area (Å²) in [6.07, 6.45) is 2.45. The molecule has 1 atom stereocenters. The van der Waals surface area contributed by atoms with Crippen molar-refractivity contribution in [1.29, 1.82) is 0 Å².